The second kappa shape index (κ2) is 6.02. The SMILES string of the molecule is C[C@H](C(=O)Nc1ccc(N)c(C=N)c1)c1ccccc1. The maximum Gasteiger partial charge on any atom is 0.231 e. The Labute approximate surface area is 118 Å². The summed E-state index contributed by atoms with van der Waals surface area (Å²) in [5.41, 5.74) is 8.44. The molecule has 102 valence electrons. The summed E-state index contributed by atoms with van der Waals surface area (Å²) in [5.74, 6) is -0.325. The Hall–Kier alpha value is -2.62. The monoisotopic (exact) mass is 267 g/mol. The highest BCUT2D eigenvalue weighted by atomic mass is 16.1. The van der Waals surface area contributed by atoms with Crippen molar-refractivity contribution < 1.29 is 4.79 Å². The fourth-order valence-electron chi connectivity index (χ4n) is 1.92. The standard InChI is InChI=1S/C16H17N3O/c1-11(12-5-3-2-4-6-12)16(20)19-14-7-8-15(18)13(9-14)10-17/h2-11,17H,18H2,1H3,(H,19,20)/t11-/m0/s1. The van der Waals surface area contributed by atoms with Crippen LogP contribution in [0.3, 0.4) is 0 Å². The van der Waals surface area contributed by atoms with Crippen LogP contribution in [0.1, 0.15) is 24.0 Å². The van der Waals surface area contributed by atoms with Gasteiger partial charge in [0.15, 0.2) is 0 Å². The Morgan fingerprint density at radius 3 is 2.60 bits per heavy atom. The van der Waals surface area contributed by atoms with E-state index >= 15 is 0 Å². The van der Waals surface area contributed by atoms with Gasteiger partial charge in [0.2, 0.25) is 5.91 Å². The molecule has 0 aliphatic rings. The van der Waals surface area contributed by atoms with E-state index in [-0.39, 0.29) is 11.8 Å². The lowest BCUT2D eigenvalue weighted by molar-refractivity contribution is -0.117. The summed E-state index contributed by atoms with van der Waals surface area (Å²) in [5, 5.41) is 10.1. The van der Waals surface area contributed by atoms with Crippen molar-refractivity contribution in [3.05, 3.63) is 59.7 Å². The summed E-state index contributed by atoms with van der Waals surface area (Å²) in [4.78, 5) is 12.2. The summed E-state index contributed by atoms with van der Waals surface area (Å²) in [7, 11) is 0. The van der Waals surface area contributed by atoms with E-state index in [2.05, 4.69) is 5.32 Å². The Morgan fingerprint density at radius 2 is 1.95 bits per heavy atom. The van der Waals surface area contributed by atoms with Gasteiger partial charge >= 0.3 is 0 Å². The molecule has 0 saturated heterocycles. The van der Waals surface area contributed by atoms with Gasteiger partial charge < -0.3 is 16.5 Å². The minimum atomic E-state index is -0.239. The third kappa shape index (κ3) is 3.03. The van der Waals surface area contributed by atoms with Gasteiger partial charge in [0.1, 0.15) is 0 Å². The summed E-state index contributed by atoms with van der Waals surface area (Å²) in [6.45, 7) is 1.86. The first-order valence-electron chi connectivity index (χ1n) is 6.37. The first kappa shape index (κ1) is 13.8. The minimum Gasteiger partial charge on any atom is -0.398 e. The molecule has 0 heterocycles. The lowest BCUT2D eigenvalue weighted by Gasteiger charge is -2.13. The van der Waals surface area contributed by atoms with Crippen molar-refractivity contribution in [2.24, 2.45) is 0 Å². The zero-order valence-corrected chi connectivity index (χ0v) is 11.3. The van der Waals surface area contributed by atoms with Gasteiger partial charge in [0.25, 0.3) is 0 Å². The summed E-state index contributed by atoms with van der Waals surface area (Å²) in [6.07, 6.45) is 1.17. The molecule has 0 spiro atoms. The predicted molar refractivity (Wildman–Crippen MR) is 82.2 cm³/mol. The lowest BCUT2D eigenvalue weighted by Crippen LogP contribution is -2.19. The first-order chi connectivity index (χ1) is 9.61. The van der Waals surface area contributed by atoms with E-state index in [1.54, 1.807) is 18.2 Å². The molecule has 0 aromatic heterocycles. The molecular weight excluding hydrogens is 250 g/mol. The fraction of sp³-hybridized carbons (Fsp3) is 0.125. The molecular formula is C16H17N3O. The van der Waals surface area contributed by atoms with Crippen LogP contribution >= 0.6 is 0 Å². The van der Waals surface area contributed by atoms with Gasteiger partial charge in [-0.3, -0.25) is 4.79 Å². The number of carbonyl (C=O) groups is 1. The van der Waals surface area contributed by atoms with Crippen LogP contribution in [-0.4, -0.2) is 12.1 Å². The highest BCUT2D eigenvalue weighted by Gasteiger charge is 2.15. The molecule has 4 N–H and O–H groups in total. The summed E-state index contributed by atoms with van der Waals surface area (Å²) >= 11 is 0. The van der Waals surface area contributed by atoms with Gasteiger partial charge in [0, 0.05) is 23.2 Å². The zero-order chi connectivity index (χ0) is 14.5. The number of hydrogen-bond acceptors (Lipinski definition) is 3. The summed E-state index contributed by atoms with van der Waals surface area (Å²) in [6, 6.07) is 14.7. The maximum atomic E-state index is 12.2. The number of amides is 1. The Kier molecular flexibility index (Phi) is 4.15. The Morgan fingerprint density at radius 1 is 1.25 bits per heavy atom. The van der Waals surface area contributed by atoms with E-state index in [1.807, 2.05) is 37.3 Å². The van der Waals surface area contributed by atoms with Crippen molar-refractivity contribution in [2.45, 2.75) is 12.8 Å². The van der Waals surface area contributed by atoms with Crippen LogP contribution in [0.15, 0.2) is 48.5 Å². The number of anilines is 2. The molecule has 2 aromatic carbocycles. The molecule has 1 amide bonds. The number of hydrogen-bond donors (Lipinski definition) is 3. The molecule has 0 aliphatic heterocycles. The van der Waals surface area contributed by atoms with Gasteiger partial charge in [-0.2, -0.15) is 0 Å². The number of benzene rings is 2. The molecule has 0 unspecified atom stereocenters. The van der Waals surface area contributed by atoms with E-state index < -0.39 is 0 Å². The minimum absolute atomic E-state index is 0.0862. The summed E-state index contributed by atoms with van der Waals surface area (Å²) < 4.78 is 0. The smallest absolute Gasteiger partial charge is 0.231 e. The van der Waals surface area contributed by atoms with Crippen molar-refractivity contribution in [2.75, 3.05) is 11.1 Å². The number of nitrogens with one attached hydrogen (secondary N) is 2. The Bertz CT molecular complexity index is 623. The van der Waals surface area contributed by atoms with Crippen LogP contribution in [0, 0.1) is 5.41 Å². The second-order valence-corrected chi connectivity index (χ2v) is 4.61. The Balaban J connectivity index is 2.14. The van der Waals surface area contributed by atoms with E-state index in [0.717, 1.165) is 5.56 Å². The molecule has 0 fully saturated rings. The van der Waals surface area contributed by atoms with Crippen LogP contribution in [0.25, 0.3) is 0 Å². The molecule has 0 saturated carbocycles. The molecule has 1 atom stereocenters. The van der Waals surface area contributed by atoms with Crippen LogP contribution < -0.4 is 11.1 Å². The molecule has 2 aromatic rings. The third-order valence-electron chi connectivity index (χ3n) is 3.20. The molecule has 0 radical (unpaired) electrons. The average Bonchev–Trinajstić information content (AvgIpc) is 2.49. The number of nitrogens with two attached hydrogens (primary N) is 1. The van der Waals surface area contributed by atoms with Gasteiger partial charge in [-0.15, -0.1) is 0 Å². The molecule has 20 heavy (non-hydrogen) atoms. The van der Waals surface area contributed by atoms with Crippen LogP contribution in [-0.2, 0) is 4.79 Å². The van der Waals surface area contributed by atoms with Crippen LogP contribution in [0.5, 0.6) is 0 Å². The van der Waals surface area contributed by atoms with Gasteiger partial charge in [-0.05, 0) is 30.7 Å². The number of carbonyl (C=O) groups excluding carboxylic acids is 1. The van der Waals surface area contributed by atoms with E-state index in [4.69, 9.17) is 11.1 Å². The van der Waals surface area contributed by atoms with Gasteiger partial charge in [0.05, 0.1) is 5.92 Å². The van der Waals surface area contributed by atoms with Crippen molar-refractivity contribution >= 4 is 23.5 Å². The zero-order valence-electron chi connectivity index (χ0n) is 11.3. The quantitative estimate of drug-likeness (QED) is 0.588. The highest BCUT2D eigenvalue weighted by Crippen LogP contribution is 2.20. The van der Waals surface area contributed by atoms with E-state index in [1.165, 1.54) is 6.21 Å². The molecule has 4 nitrogen and oxygen atoms in total. The van der Waals surface area contributed by atoms with Crippen molar-refractivity contribution in [3.8, 4) is 0 Å². The maximum absolute atomic E-state index is 12.2. The molecule has 0 aliphatic carbocycles. The topological polar surface area (TPSA) is 79.0 Å². The van der Waals surface area contributed by atoms with Crippen molar-refractivity contribution in [1.82, 2.24) is 0 Å². The van der Waals surface area contributed by atoms with Crippen molar-refractivity contribution in [3.63, 3.8) is 0 Å². The van der Waals surface area contributed by atoms with Crippen LogP contribution in [0.4, 0.5) is 11.4 Å². The lowest BCUT2D eigenvalue weighted by atomic mass is 10.0. The molecule has 4 heteroatoms. The molecule has 2 rings (SSSR count). The van der Waals surface area contributed by atoms with Gasteiger partial charge in [-0.1, -0.05) is 30.3 Å². The van der Waals surface area contributed by atoms with E-state index in [9.17, 15) is 4.79 Å². The number of rotatable bonds is 4. The third-order valence-corrected chi connectivity index (χ3v) is 3.20. The van der Waals surface area contributed by atoms with Crippen molar-refractivity contribution in [1.29, 1.82) is 5.41 Å². The fourth-order valence-corrected chi connectivity index (χ4v) is 1.92. The normalized spacial score (nSPS) is 11.7. The van der Waals surface area contributed by atoms with Gasteiger partial charge in [-0.25, -0.2) is 0 Å². The van der Waals surface area contributed by atoms with Crippen LogP contribution in [0.2, 0.25) is 0 Å². The van der Waals surface area contributed by atoms with E-state index in [0.29, 0.717) is 16.9 Å². The highest BCUT2D eigenvalue weighted by molar-refractivity contribution is 5.97. The largest absolute Gasteiger partial charge is 0.398 e. The molecule has 0 bridgehead atoms. The predicted octanol–water partition coefficient (Wildman–Crippen LogP) is 3.01. The average molecular weight is 267 g/mol. The second-order valence-electron chi connectivity index (χ2n) is 4.61. The first-order valence-corrected chi connectivity index (χ1v) is 6.37. The number of nitrogen functional groups attached to an aromatic ring is 1.